The summed E-state index contributed by atoms with van der Waals surface area (Å²) in [6, 6.07) is 5.52. The van der Waals surface area contributed by atoms with Crippen LogP contribution in [-0.4, -0.2) is 39.4 Å². The van der Waals surface area contributed by atoms with Crippen LogP contribution in [0.25, 0.3) is 11.3 Å². The number of nitrogens with one attached hydrogen (secondary N) is 1. The molecule has 5 rings (SSSR count). The van der Waals surface area contributed by atoms with Gasteiger partial charge in [-0.05, 0) is 31.1 Å². The summed E-state index contributed by atoms with van der Waals surface area (Å²) in [5, 5.41) is 12.7. The summed E-state index contributed by atoms with van der Waals surface area (Å²) < 4.78 is 46.0. The second kappa shape index (κ2) is 8.30. The maximum Gasteiger partial charge on any atom is 0.412 e. The van der Waals surface area contributed by atoms with E-state index in [9.17, 15) is 23.2 Å². The van der Waals surface area contributed by atoms with E-state index in [0.717, 1.165) is 17.3 Å². The molecule has 0 aromatic carbocycles. The summed E-state index contributed by atoms with van der Waals surface area (Å²) in [5.41, 5.74) is 9.10. The predicted octanol–water partition coefficient (Wildman–Crippen LogP) is 3.47. The number of nitrogens with two attached hydrogens (primary N) is 1. The van der Waals surface area contributed by atoms with Gasteiger partial charge in [-0.3, -0.25) is 4.98 Å². The van der Waals surface area contributed by atoms with Crippen LogP contribution in [0.4, 0.5) is 18.0 Å². The Labute approximate surface area is 193 Å². The van der Waals surface area contributed by atoms with Gasteiger partial charge < -0.3 is 25.3 Å². The van der Waals surface area contributed by atoms with E-state index in [1.165, 1.54) is 6.08 Å². The summed E-state index contributed by atoms with van der Waals surface area (Å²) in [7, 11) is 0. The number of nitriles is 1. The number of hydrogen-bond donors (Lipinski definition) is 2. The molecule has 8 nitrogen and oxygen atoms in total. The van der Waals surface area contributed by atoms with Gasteiger partial charge in [0.05, 0.1) is 17.8 Å². The van der Waals surface area contributed by atoms with Crippen molar-refractivity contribution >= 4 is 6.03 Å². The van der Waals surface area contributed by atoms with E-state index in [2.05, 4.69) is 16.4 Å². The summed E-state index contributed by atoms with van der Waals surface area (Å²) in [4.78, 5) is 18.7. The summed E-state index contributed by atoms with van der Waals surface area (Å²) in [5.74, 6) is 0. The number of nitrogens with zero attached hydrogens (tertiary/aromatic N) is 4. The number of aromatic nitrogens is 2. The SMILES string of the molecule is N#Cc1c(C2OC2N)c2n(c1-c1cccnc1)CCN(C(=O)NC1=CC=C(C(F)(F)F)CC1)C2. The summed E-state index contributed by atoms with van der Waals surface area (Å²) in [6.07, 6.45) is 0.228. The number of epoxide rings is 1. The number of rotatable bonds is 3. The van der Waals surface area contributed by atoms with Crippen molar-refractivity contribution in [2.24, 2.45) is 5.73 Å². The van der Waals surface area contributed by atoms with Crippen molar-refractivity contribution in [2.75, 3.05) is 6.54 Å². The molecule has 2 unspecified atom stereocenters. The van der Waals surface area contributed by atoms with E-state index >= 15 is 0 Å². The van der Waals surface area contributed by atoms with Crippen molar-refractivity contribution in [3.63, 3.8) is 0 Å². The van der Waals surface area contributed by atoms with Gasteiger partial charge in [0, 0.05) is 53.6 Å². The van der Waals surface area contributed by atoms with Crippen molar-refractivity contribution in [1.82, 2.24) is 19.8 Å². The fourth-order valence-electron chi connectivity index (χ4n) is 4.53. The fourth-order valence-corrected chi connectivity index (χ4v) is 4.53. The van der Waals surface area contributed by atoms with Gasteiger partial charge in [0.2, 0.25) is 0 Å². The molecular formula is C23H21F3N6O2. The van der Waals surface area contributed by atoms with E-state index in [1.54, 1.807) is 23.4 Å². The number of alkyl halides is 3. The van der Waals surface area contributed by atoms with Crippen molar-refractivity contribution in [1.29, 1.82) is 5.26 Å². The molecule has 0 spiro atoms. The number of amides is 2. The summed E-state index contributed by atoms with van der Waals surface area (Å²) in [6.45, 7) is 1.000. The number of allylic oxidation sites excluding steroid dienone is 4. The number of urea groups is 1. The van der Waals surface area contributed by atoms with Crippen LogP contribution in [0, 0.1) is 11.3 Å². The molecule has 4 heterocycles. The number of pyridine rings is 1. The predicted molar refractivity (Wildman–Crippen MR) is 115 cm³/mol. The minimum Gasteiger partial charge on any atom is -0.348 e. The lowest BCUT2D eigenvalue weighted by Gasteiger charge is -2.31. The van der Waals surface area contributed by atoms with Crippen molar-refractivity contribution in [2.45, 2.75) is 44.4 Å². The topological polar surface area (TPSA) is 112 Å². The quantitative estimate of drug-likeness (QED) is 0.667. The van der Waals surface area contributed by atoms with Gasteiger partial charge in [0.1, 0.15) is 18.4 Å². The molecule has 0 radical (unpaired) electrons. The van der Waals surface area contributed by atoms with E-state index in [1.807, 2.05) is 10.6 Å². The van der Waals surface area contributed by atoms with E-state index in [-0.39, 0.29) is 19.4 Å². The van der Waals surface area contributed by atoms with Gasteiger partial charge in [-0.25, -0.2) is 4.79 Å². The average Bonchev–Trinajstić information content (AvgIpc) is 3.45. The van der Waals surface area contributed by atoms with Crippen LogP contribution in [0.3, 0.4) is 0 Å². The Morgan fingerprint density at radius 1 is 1.29 bits per heavy atom. The first-order valence-corrected chi connectivity index (χ1v) is 10.8. The molecule has 34 heavy (non-hydrogen) atoms. The maximum absolute atomic E-state index is 12.9. The highest BCUT2D eigenvalue weighted by molar-refractivity contribution is 5.77. The second-order valence-corrected chi connectivity index (χ2v) is 8.34. The van der Waals surface area contributed by atoms with Gasteiger partial charge in [-0.15, -0.1) is 0 Å². The molecule has 2 aliphatic heterocycles. The Kier molecular flexibility index (Phi) is 5.42. The highest BCUT2D eigenvalue weighted by atomic mass is 19.4. The normalized spacial score (nSPS) is 21.8. The van der Waals surface area contributed by atoms with Crippen molar-refractivity contribution in [3.8, 4) is 17.3 Å². The molecule has 2 amide bonds. The third kappa shape index (κ3) is 3.95. The van der Waals surface area contributed by atoms with Gasteiger partial charge in [-0.1, -0.05) is 6.08 Å². The zero-order valence-electron chi connectivity index (χ0n) is 18.0. The third-order valence-electron chi connectivity index (χ3n) is 6.27. The zero-order valence-corrected chi connectivity index (χ0v) is 18.0. The van der Waals surface area contributed by atoms with E-state index in [0.29, 0.717) is 35.6 Å². The maximum atomic E-state index is 12.9. The lowest BCUT2D eigenvalue weighted by Crippen LogP contribution is -2.44. The zero-order chi connectivity index (χ0) is 24.0. The van der Waals surface area contributed by atoms with Crippen LogP contribution < -0.4 is 11.1 Å². The average molecular weight is 470 g/mol. The van der Waals surface area contributed by atoms with Gasteiger partial charge in [0.25, 0.3) is 0 Å². The number of ether oxygens (including phenoxy) is 1. The molecule has 1 saturated heterocycles. The van der Waals surface area contributed by atoms with Gasteiger partial charge in [0.15, 0.2) is 0 Å². The third-order valence-corrected chi connectivity index (χ3v) is 6.27. The van der Waals surface area contributed by atoms with Crippen LogP contribution in [0.1, 0.15) is 35.8 Å². The molecule has 1 aliphatic carbocycles. The smallest absolute Gasteiger partial charge is 0.348 e. The van der Waals surface area contributed by atoms with E-state index in [4.69, 9.17) is 10.5 Å². The summed E-state index contributed by atoms with van der Waals surface area (Å²) >= 11 is 0. The van der Waals surface area contributed by atoms with Crippen LogP contribution in [0.5, 0.6) is 0 Å². The monoisotopic (exact) mass is 470 g/mol. The minimum absolute atomic E-state index is 0.0983. The van der Waals surface area contributed by atoms with Crippen molar-refractivity contribution < 1.29 is 22.7 Å². The Balaban J connectivity index is 1.43. The molecule has 3 aliphatic rings. The second-order valence-electron chi connectivity index (χ2n) is 8.34. The molecule has 0 bridgehead atoms. The lowest BCUT2D eigenvalue weighted by molar-refractivity contribution is -0.0941. The van der Waals surface area contributed by atoms with Gasteiger partial charge in [-0.2, -0.15) is 18.4 Å². The van der Waals surface area contributed by atoms with Crippen LogP contribution in [0.15, 0.2) is 47.9 Å². The van der Waals surface area contributed by atoms with Crippen LogP contribution in [-0.2, 0) is 17.8 Å². The van der Waals surface area contributed by atoms with E-state index < -0.39 is 30.1 Å². The molecule has 0 saturated carbocycles. The first-order chi connectivity index (χ1) is 16.3. The minimum atomic E-state index is -4.36. The molecule has 2 atom stereocenters. The largest absolute Gasteiger partial charge is 0.412 e. The first kappa shape index (κ1) is 22.2. The van der Waals surface area contributed by atoms with Gasteiger partial charge >= 0.3 is 12.2 Å². The molecule has 11 heteroatoms. The molecule has 2 aromatic rings. The lowest BCUT2D eigenvalue weighted by atomic mass is 10.0. The molecule has 176 valence electrons. The molecular weight excluding hydrogens is 449 g/mol. The Hall–Kier alpha value is -3.62. The number of hydrogen-bond acceptors (Lipinski definition) is 5. The number of carbonyl (C=O) groups is 1. The molecule has 2 aromatic heterocycles. The molecule has 3 N–H and O–H groups in total. The highest BCUT2D eigenvalue weighted by Crippen LogP contribution is 2.45. The van der Waals surface area contributed by atoms with Crippen molar-refractivity contribution in [3.05, 3.63) is 64.8 Å². The standard InChI is InChI=1S/C23H21F3N6O2/c24-23(25,26)14-3-5-15(6-4-14)30-22(33)31-8-9-32-17(12-31)18(20-21(28)34-20)16(10-27)19(32)13-2-1-7-29-11-13/h1-3,5,7,11,20-21H,4,6,8-9,12,28H2,(H,30,33). The number of fused-ring (bicyclic) bond motifs is 1. The number of carbonyl (C=O) groups excluding carboxylic acids is 1. The highest BCUT2D eigenvalue weighted by Gasteiger charge is 2.44. The molecule has 1 fully saturated rings. The Morgan fingerprint density at radius 3 is 2.68 bits per heavy atom. The number of halogens is 3. The Bertz CT molecular complexity index is 1240. The first-order valence-electron chi connectivity index (χ1n) is 10.8. The van der Waals surface area contributed by atoms with Crippen LogP contribution >= 0.6 is 0 Å². The van der Waals surface area contributed by atoms with Crippen LogP contribution in [0.2, 0.25) is 0 Å². The fraction of sp³-hybridized carbons (Fsp3) is 0.348. The Morgan fingerprint density at radius 2 is 2.09 bits per heavy atom.